The highest BCUT2D eigenvalue weighted by Crippen LogP contribution is 1.92. The zero-order valence-electron chi connectivity index (χ0n) is 9.38. The van der Waals surface area contributed by atoms with Crippen molar-refractivity contribution in [3.05, 3.63) is 24.8 Å². The van der Waals surface area contributed by atoms with Gasteiger partial charge in [0.25, 0.3) is 5.71 Å². The lowest BCUT2D eigenvalue weighted by atomic mass is 10.4. The van der Waals surface area contributed by atoms with E-state index in [1.807, 2.05) is 0 Å². The monoisotopic (exact) mass is 236 g/mol. The third kappa shape index (κ3) is 6.62. The number of rotatable bonds is 6. The van der Waals surface area contributed by atoms with Crippen molar-refractivity contribution in [1.29, 1.82) is 5.26 Å². The van der Waals surface area contributed by atoms with Gasteiger partial charge in [-0.3, -0.25) is 0 Å². The third-order valence-corrected chi connectivity index (χ3v) is 1.37. The van der Waals surface area contributed by atoms with Crippen LogP contribution in [0.15, 0.2) is 30.0 Å². The number of carbonyl (C=O) groups excluding carboxylic acids is 2. The van der Waals surface area contributed by atoms with Crippen LogP contribution in [0, 0.1) is 11.3 Å². The Morgan fingerprint density at radius 2 is 2.24 bits per heavy atom. The molecule has 0 bridgehead atoms. The Morgan fingerprint density at radius 3 is 2.76 bits per heavy atom. The summed E-state index contributed by atoms with van der Waals surface area (Å²) < 4.78 is 4.51. The van der Waals surface area contributed by atoms with Crippen molar-refractivity contribution in [1.82, 2.24) is 0 Å². The minimum absolute atomic E-state index is 0.0307. The summed E-state index contributed by atoms with van der Waals surface area (Å²) in [6.07, 6.45) is 4.52. The van der Waals surface area contributed by atoms with Crippen LogP contribution in [-0.4, -0.2) is 24.3 Å². The van der Waals surface area contributed by atoms with Crippen LogP contribution < -0.4 is 0 Å². The predicted octanol–water partition coefficient (Wildman–Crippen LogP) is 1.10. The molecule has 90 valence electrons. The molecule has 0 saturated carbocycles. The minimum Gasteiger partial charge on any atom is -0.461 e. The highest BCUT2D eigenvalue weighted by Gasteiger charge is 2.13. The largest absolute Gasteiger partial charge is 0.461 e. The fourth-order valence-electron chi connectivity index (χ4n) is 0.697. The SMILES string of the molecule is C=C/C=C/CC(=O)O/N=C(\C#N)C(=O)OCC. The summed E-state index contributed by atoms with van der Waals surface area (Å²) >= 11 is 0. The van der Waals surface area contributed by atoms with E-state index in [0.717, 1.165) is 0 Å². The summed E-state index contributed by atoms with van der Waals surface area (Å²) in [5.74, 6) is -1.62. The zero-order valence-corrected chi connectivity index (χ0v) is 9.38. The van der Waals surface area contributed by atoms with Crippen LogP contribution in [0.2, 0.25) is 0 Å². The van der Waals surface area contributed by atoms with Gasteiger partial charge in [0.15, 0.2) is 0 Å². The molecular weight excluding hydrogens is 224 g/mol. The molecule has 0 aromatic carbocycles. The van der Waals surface area contributed by atoms with Crippen LogP contribution in [0.25, 0.3) is 0 Å². The number of nitriles is 1. The minimum atomic E-state index is -0.926. The highest BCUT2D eigenvalue weighted by molar-refractivity contribution is 6.42. The molecular formula is C11H12N2O4. The maximum Gasteiger partial charge on any atom is 0.371 e. The molecule has 0 rings (SSSR count). The van der Waals surface area contributed by atoms with Crippen LogP contribution in [0.1, 0.15) is 13.3 Å². The van der Waals surface area contributed by atoms with Gasteiger partial charge in [-0.1, -0.05) is 30.0 Å². The molecule has 0 N–H and O–H groups in total. The van der Waals surface area contributed by atoms with Gasteiger partial charge in [0.05, 0.1) is 13.0 Å². The van der Waals surface area contributed by atoms with Crippen molar-refractivity contribution in [2.45, 2.75) is 13.3 Å². The topological polar surface area (TPSA) is 88.8 Å². The Labute approximate surface area is 98.8 Å². The number of allylic oxidation sites excluding steroid dienone is 2. The van der Waals surface area contributed by atoms with Crippen molar-refractivity contribution >= 4 is 17.7 Å². The number of oxime groups is 1. The van der Waals surface area contributed by atoms with Crippen molar-refractivity contribution < 1.29 is 19.2 Å². The van der Waals surface area contributed by atoms with Crippen LogP contribution >= 0.6 is 0 Å². The van der Waals surface area contributed by atoms with Gasteiger partial charge in [0, 0.05) is 0 Å². The van der Waals surface area contributed by atoms with Crippen molar-refractivity contribution in [2.24, 2.45) is 5.16 Å². The highest BCUT2D eigenvalue weighted by atomic mass is 16.7. The second-order valence-corrected chi connectivity index (χ2v) is 2.60. The van der Waals surface area contributed by atoms with Gasteiger partial charge in [-0.2, -0.15) is 5.26 Å². The number of esters is 1. The lowest BCUT2D eigenvalue weighted by Crippen LogP contribution is -2.16. The van der Waals surface area contributed by atoms with Crippen LogP contribution in [0.3, 0.4) is 0 Å². The molecule has 17 heavy (non-hydrogen) atoms. The molecule has 0 aliphatic carbocycles. The van der Waals surface area contributed by atoms with Crippen LogP contribution in [0.5, 0.6) is 0 Å². The summed E-state index contributed by atoms with van der Waals surface area (Å²) in [5, 5.41) is 11.7. The summed E-state index contributed by atoms with van der Waals surface area (Å²) in [4.78, 5) is 26.4. The van der Waals surface area contributed by atoms with E-state index in [9.17, 15) is 9.59 Å². The Balaban J connectivity index is 4.32. The van der Waals surface area contributed by atoms with Gasteiger partial charge in [-0.15, -0.1) is 0 Å². The molecule has 0 unspecified atom stereocenters. The molecule has 0 aromatic rings. The lowest BCUT2D eigenvalue weighted by molar-refractivity contribution is -0.142. The van der Waals surface area contributed by atoms with E-state index >= 15 is 0 Å². The van der Waals surface area contributed by atoms with E-state index in [2.05, 4.69) is 21.3 Å². The Hall–Kier alpha value is -2.42. The third-order valence-electron chi connectivity index (χ3n) is 1.37. The van der Waals surface area contributed by atoms with Crippen molar-refractivity contribution in [3.8, 4) is 6.07 Å². The van der Waals surface area contributed by atoms with E-state index in [1.165, 1.54) is 18.2 Å². The first-order chi connectivity index (χ1) is 8.15. The van der Waals surface area contributed by atoms with Gasteiger partial charge in [-0.05, 0) is 6.92 Å². The number of carbonyl (C=O) groups is 2. The van der Waals surface area contributed by atoms with Gasteiger partial charge < -0.3 is 9.57 Å². The molecule has 0 amide bonds. The quantitative estimate of drug-likeness (QED) is 0.226. The second-order valence-electron chi connectivity index (χ2n) is 2.60. The number of hydrogen-bond acceptors (Lipinski definition) is 6. The summed E-state index contributed by atoms with van der Waals surface area (Å²) in [7, 11) is 0. The zero-order chi connectivity index (χ0) is 13.1. The fourth-order valence-corrected chi connectivity index (χ4v) is 0.697. The van der Waals surface area contributed by atoms with Crippen LogP contribution in [-0.2, 0) is 19.2 Å². The Morgan fingerprint density at radius 1 is 1.53 bits per heavy atom. The smallest absolute Gasteiger partial charge is 0.371 e. The first-order valence-corrected chi connectivity index (χ1v) is 4.78. The first kappa shape index (κ1) is 14.6. The number of nitrogens with zero attached hydrogens (tertiary/aromatic N) is 2. The second kappa shape index (κ2) is 8.85. The van der Waals surface area contributed by atoms with Crippen molar-refractivity contribution in [2.75, 3.05) is 6.61 Å². The van der Waals surface area contributed by atoms with Gasteiger partial charge in [0.1, 0.15) is 6.07 Å². The summed E-state index contributed by atoms with van der Waals surface area (Å²) in [6.45, 7) is 5.11. The maximum atomic E-state index is 11.1. The Bertz CT molecular complexity index is 391. The molecule has 0 fully saturated rings. The average molecular weight is 236 g/mol. The molecule has 0 aromatic heterocycles. The van der Waals surface area contributed by atoms with E-state index in [1.54, 1.807) is 13.0 Å². The molecule has 6 heteroatoms. The van der Waals surface area contributed by atoms with E-state index in [4.69, 9.17) is 5.26 Å². The van der Waals surface area contributed by atoms with Gasteiger partial charge >= 0.3 is 11.9 Å². The van der Waals surface area contributed by atoms with Gasteiger partial charge in [0.2, 0.25) is 0 Å². The van der Waals surface area contributed by atoms with Gasteiger partial charge in [-0.25, -0.2) is 9.59 Å². The Kier molecular flexibility index (Phi) is 7.59. The predicted molar refractivity (Wildman–Crippen MR) is 59.7 cm³/mol. The molecule has 0 heterocycles. The van der Waals surface area contributed by atoms with Crippen molar-refractivity contribution in [3.63, 3.8) is 0 Å². The summed E-state index contributed by atoms with van der Waals surface area (Å²) in [6, 6.07) is 1.47. The fraction of sp³-hybridized carbons (Fsp3) is 0.273. The van der Waals surface area contributed by atoms with E-state index < -0.39 is 17.7 Å². The van der Waals surface area contributed by atoms with E-state index in [-0.39, 0.29) is 13.0 Å². The molecule has 0 spiro atoms. The lowest BCUT2D eigenvalue weighted by Gasteiger charge is -1.98. The number of ether oxygens (including phenoxy) is 1. The maximum absolute atomic E-state index is 11.1. The van der Waals surface area contributed by atoms with Crippen LogP contribution in [0.4, 0.5) is 0 Å². The molecule has 0 aliphatic heterocycles. The first-order valence-electron chi connectivity index (χ1n) is 4.78. The molecule has 0 saturated heterocycles. The average Bonchev–Trinajstić information content (AvgIpc) is 2.30. The molecule has 0 atom stereocenters. The van der Waals surface area contributed by atoms with E-state index in [0.29, 0.717) is 0 Å². The molecule has 0 aliphatic rings. The normalized spacial score (nSPS) is 10.7. The molecule has 0 radical (unpaired) electrons. The standard InChI is InChI=1S/C11H12N2O4/c1-3-5-6-7-10(14)17-13-9(8-12)11(15)16-4-2/h3,5-6H,1,4,7H2,2H3/b6-5+,13-9+. The summed E-state index contributed by atoms with van der Waals surface area (Å²) in [5.41, 5.74) is -0.604. The molecule has 6 nitrogen and oxygen atoms in total. The number of hydrogen-bond donors (Lipinski definition) is 0.